The van der Waals surface area contributed by atoms with Gasteiger partial charge in [0.15, 0.2) is 0 Å². The number of benzene rings is 2. The van der Waals surface area contributed by atoms with Gasteiger partial charge in [-0.15, -0.1) is 0 Å². The van der Waals surface area contributed by atoms with Crippen molar-refractivity contribution in [2.75, 3.05) is 17.7 Å². The molecule has 27 heavy (non-hydrogen) atoms. The summed E-state index contributed by atoms with van der Waals surface area (Å²) in [6.45, 7) is 4.85. The van der Waals surface area contributed by atoms with Crippen molar-refractivity contribution in [1.82, 2.24) is 0 Å². The van der Waals surface area contributed by atoms with Crippen LogP contribution in [0.15, 0.2) is 42.5 Å². The molecule has 0 aliphatic carbocycles. The first-order valence-corrected chi connectivity index (χ1v) is 8.60. The van der Waals surface area contributed by atoms with E-state index in [1.54, 1.807) is 36.4 Å². The minimum Gasteiger partial charge on any atom is -0.465 e. The molecule has 0 aromatic heterocycles. The molecule has 2 N–H and O–H groups in total. The van der Waals surface area contributed by atoms with Crippen molar-refractivity contribution in [3.8, 4) is 0 Å². The molecule has 2 rings (SSSR count). The van der Waals surface area contributed by atoms with Gasteiger partial charge >= 0.3 is 5.97 Å². The van der Waals surface area contributed by atoms with Crippen LogP contribution in [0.1, 0.15) is 29.8 Å². The Morgan fingerprint density at radius 3 is 2.30 bits per heavy atom. The number of methoxy groups -OCH3 is 1. The first-order chi connectivity index (χ1) is 12.6. The van der Waals surface area contributed by atoms with Crippen molar-refractivity contribution in [2.45, 2.75) is 20.8 Å². The van der Waals surface area contributed by atoms with Gasteiger partial charge in [-0.3, -0.25) is 9.59 Å². The van der Waals surface area contributed by atoms with E-state index in [0.29, 0.717) is 22.0 Å². The molecule has 0 saturated heterocycles. The molecular formula is C20H21ClN2O4. The van der Waals surface area contributed by atoms with Gasteiger partial charge in [0.2, 0.25) is 11.8 Å². The third-order valence-electron chi connectivity index (χ3n) is 4.11. The van der Waals surface area contributed by atoms with Crippen LogP contribution in [0.2, 0.25) is 5.02 Å². The topological polar surface area (TPSA) is 84.5 Å². The fourth-order valence-electron chi connectivity index (χ4n) is 2.28. The largest absolute Gasteiger partial charge is 0.465 e. The molecule has 0 fully saturated rings. The summed E-state index contributed by atoms with van der Waals surface area (Å²) in [5, 5.41) is 5.98. The number of hydrogen-bond acceptors (Lipinski definition) is 4. The number of ether oxygens (including phenoxy) is 1. The molecule has 0 atom stereocenters. The highest BCUT2D eigenvalue weighted by atomic mass is 35.5. The van der Waals surface area contributed by atoms with E-state index in [9.17, 15) is 14.4 Å². The molecule has 2 aromatic carbocycles. The minimum absolute atomic E-state index is 0.300. The maximum Gasteiger partial charge on any atom is 0.337 e. The molecule has 7 heteroatoms. The Bertz CT molecular complexity index is 893. The lowest BCUT2D eigenvalue weighted by atomic mass is 9.90. The van der Waals surface area contributed by atoms with E-state index in [-0.39, 0.29) is 0 Å². The van der Waals surface area contributed by atoms with E-state index in [1.165, 1.54) is 27.0 Å². The lowest BCUT2D eigenvalue weighted by Gasteiger charge is -2.23. The van der Waals surface area contributed by atoms with Gasteiger partial charge in [-0.2, -0.15) is 0 Å². The summed E-state index contributed by atoms with van der Waals surface area (Å²) in [4.78, 5) is 36.9. The molecule has 0 aliphatic rings. The number of nitrogens with one attached hydrogen (secondary N) is 2. The molecule has 2 aromatic rings. The number of carbonyl (C=O) groups is 3. The van der Waals surface area contributed by atoms with Gasteiger partial charge in [0.25, 0.3) is 0 Å². The van der Waals surface area contributed by atoms with Crippen molar-refractivity contribution < 1.29 is 19.1 Å². The first-order valence-electron chi connectivity index (χ1n) is 8.22. The third kappa shape index (κ3) is 4.86. The number of amides is 2. The zero-order chi connectivity index (χ0) is 20.2. The second kappa shape index (κ2) is 8.22. The van der Waals surface area contributed by atoms with Crippen LogP contribution in [-0.2, 0) is 14.3 Å². The van der Waals surface area contributed by atoms with Gasteiger partial charge in [0.1, 0.15) is 5.41 Å². The average Bonchev–Trinajstić information content (AvgIpc) is 2.63. The number of hydrogen-bond donors (Lipinski definition) is 2. The molecule has 142 valence electrons. The van der Waals surface area contributed by atoms with Gasteiger partial charge in [0, 0.05) is 16.4 Å². The monoisotopic (exact) mass is 388 g/mol. The number of carbonyl (C=O) groups excluding carboxylic acids is 3. The zero-order valence-electron chi connectivity index (χ0n) is 15.6. The smallest absolute Gasteiger partial charge is 0.337 e. The normalized spacial score (nSPS) is 10.9. The van der Waals surface area contributed by atoms with Crippen LogP contribution in [0, 0.1) is 12.3 Å². The lowest BCUT2D eigenvalue weighted by molar-refractivity contribution is -0.135. The maximum absolute atomic E-state index is 12.6. The fourth-order valence-corrected chi connectivity index (χ4v) is 2.50. The fraction of sp³-hybridized carbons (Fsp3) is 0.250. The minimum atomic E-state index is -1.35. The van der Waals surface area contributed by atoms with Crippen molar-refractivity contribution in [3.05, 3.63) is 58.6 Å². The summed E-state index contributed by atoms with van der Waals surface area (Å²) in [6.07, 6.45) is 0. The van der Waals surface area contributed by atoms with Crippen LogP contribution in [-0.4, -0.2) is 24.9 Å². The molecule has 0 radical (unpaired) electrons. The van der Waals surface area contributed by atoms with Crippen LogP contribution >= 0.6 is 11.6 Å². The summed E-state index contributed by atoms with van der Waals surface area (Å²) >= 11 is 5.92. The van der Waals surface area contributed by atoms with Crippen molar-refractivity contribution in [1.29, 1.82) is 0 Å². The van der Waals surface area contributed by atoms with Crippen molar-refractivity contribution >= 4 is 40.8 Å². The van der Waals surface area contributed by atoms with E-state index in [1.807, 2.05) is 6.92 Å². The highest BCUT2D eigenvalue weighted by Gasteiger charge is 2.36. The zero-order valence-corrected chi connectivity index (χ0v) is 16.3. The number of aryl methyl sites for hydroxylation is 1. The van der Waals surface area contributed by atoms with Gasteiger partial charge < -0.3 is 15.4 Å². The van der Waals surface area contributed by atoms with Gasteiger partial charge in [-0.05, 0) is 62.7 Å². The van der Waals surface area contributed by atoms with E-state index in [0.717, 1.165) is 5.56 Å². The summed E-state index contributed by atoms with van der Waals surface area (Å²) in [5.41, 5.74) is 0.712. The molecule has 6 nitrogen and oxygen atoms in total. The van der Waals surface area contributed by atoms with Crippen LogP contribution < -0.4 is 10.6 Å². The number of halogens is 1. The lowest BCUT2D eigenvalue weighted by Crippen LogP contribution is -2.41. The maximum atomic E-state index is 12.6. The molecule has 2 amide bonds. The van der Waals surface area contributed by atoms with Gasteiger partial charge in [-0.1, -0.05) is 17.7 Å². The molecule has 0 saturated carbocycles. The predicted molar refractivity (Wildman–Crippen MR) is 105 cm³/mol. The Balaban J connectivity index is 2.14. The quantitative estimate of drug-likeness (QED) is 0.598. The molecule has 0 bridgehead atoms. The van der Waals surface area contributed by atoms with Crippen molar-refractivity contribution in [2.24, 2.45) is 5.41 Å². The second-order valence-electron chi connectivity index (χ2n) is 6.56. The van der Waals surface area contributed by atoms with Crippen molar-refractivity contribution in [3.63, 3.8) is 0 Å². The number of anilines is 2. The molecular weight excluding hydrogens is 368 g/mol. The number of esters is 1. The van der Waals surface area contributed by atoms with Crippen LogP contribution in [0.5, 0.6) is 0 Å². The van der Waals surface area contributed by atoms with Crippen LogP contribution in [0.25, 0.3) is 0 Å². The third-order valence-corrected chi connectivity index (χ3v) is 4.35. The average molecular weight is 389 g/mol. The van der Waals surface area contributed by atoms with E-state index in [4.69, 9.17) is 11.6 Å². The Morgan fingerprint density at radius 2 is 1.67 bits per heavy atom. The Hall–Kier alpha value is -2.86. The molecule has 0 spiro atoms. The molecule has 0 aliphatic heterocycles. The van der Waals surface area contributed by atoms with E-state index < -0.39 is 23.2 Å². The summed E-state index contributed by atoms with van der Waals surface area (Å²) in [7, 11) is 1.28. The SMILES string of the molecule is COC(=O)c1cccc(NC(=O)C(C)(C)C(=O)Nc2ccc(Cl)cc2C)c1. The Morgan fingerprint density at radius 1 is 1.00 bits per heavy atom. The summed E-state index contributed by atoms with van der Waals surface area (Å²) in [6, 6.07) is 11.4. The highest BCUT2D eigenvalue weighted by Crippen LogP contribution is 2.25. The summed E-state index contributed by atoms with van der Waals surface area (Å²) < 4.78 is 4.66. The Labute approximate surface area is 162 Å². The van der Waals surface area contributed by atoms with Crippen LogP contribution in [0.4, 0.5) is 11.4 Å². The second-order valence-corrected chi connectivity index (χ2v) is 7.00. The van der Waals surface area contributed by atoms with Gasteiger partial charge in [-0.25, -0.2) is 4.79 Å². The number of rotatable bonds is 5. The highest BCUT2D eigenvalue weighted by molar-refractivity contribution is 6.30. The molecule has 0 unspecified atom stereocenters. The summed E-state index contributed by atoms with van der Waals surface area (Å²) in [5.74, 6) is -1.48. The molecule has 0 heterocycles. The standard InChI is InChI=1S/C20H21ClN2O4/c1-12-10-14(21)8-9-16(12)23-19(26)20(2,3)18(25)22-15-7-5-6-13(11-15)17(24)27-4/h5-11H,1-4H3,(H,22,25)(H,23,26). The van der Waals surface area contributed by atoms with E-state index in [2.05, 4.69) is 15.4 Å². The Kier molecular flexibility index (Phi) is 6.23. The van der Waals surface area contributed by atoms with E-state index >= 15 is 0 Å². The van der Waals surface area contributed by atoms with Crippen LogP contribution in [0.3, 0.4) is 0 Å². The predicted octanol–water partition coefficient (Wildman–Crippen LogP) is 4.04. The van der Waals surface area contributed by atoms with Gasteiger partial charge in [0.05, 0.1) is 12.7 Å². The first kappa shape index (κ1) is 20.5.